The van der Waals surface area contributed by atoms with Crippen molar-refractivity contribution in [1.82, 2.24) is 5.32 Å². The number of nitrogens with one attached hydrogen (secondary N) is 1. The van der Waals surface area contributed by atoms with Gasteiger partial charge in [-0.2, -0.15) is 0 Å². The summed E-state index contributed by atoms with van der Waals surface area (Å²) in [5.74, 6) is 1.83. The smallest absolute Gasteiger partial charge is 0.00722 e. The van der Waals surface area contributed by atoms with Gasteiger partial charge in [-0.05, 0) is 38.0 Å². The van der Waals surface area contributed by atoms with E-state index in [1.165, 1.54) is 38.5 Å². The first-order chi connectivity index (χ1) is 7.13. The molecular weight excluding hydrogens is 182 g/mol. The molecule has 1 N–H and O–H groups in total. The molecule has 0 saturated heterocycles. The van der Waals surface area contributed by atoms with Gasteiger partial charge in [0.05, 0.1) is 0 Å². The Labute approximate surface area is 96.0 Å². The Morgan fingerprint density at radius 2 is 1.93 bits per heavy atom. The lowest BCUT2D eigenvalue weighted by Crippen LogP contribution is -2.40. The highest BCUT2D eigenvalue weighted by molar-refractivity contribution is 4.81. The fraction of sp³-hybridized carbons (Fsp3) is 1.00. The van der Waals surface area contributed by atoms with E-state index in [4.69, 9.17) is 0 Å². The molecule has 1 aliphatic carbocycles. The van der Waals surface area contributed by atoms with Crippen molar-refractivity contribution in [3.05, 3.63) is 0 Å². The average molecular weight is 211 g/mol. The molecule has 0 aromatic heterocycles. The summed E-state index contributed by atoms with van der Waals surface area (Å²) in [5, 5.41) is 3.80. The Bertz CT molecular complexity index is 165. The van der Waals surface area contributed by atoms with Crippen LogP contribution in [0.15, 0.2) is 0 Å². The van der Waals surface area contributed by atoms with Crippen LogP contribution in [0.1, 0.15) is 66.2 Å². The minimum atomic E-state index is 0.714. The molecule has 0 amide bonds. The van der Waals surface area contributed by atoms with Crippen LogP contribution in [0.3, 0.4) is 0 Å². The van der Waals surface area contributed by atoms with Crippen LogP contribution in [0.25, 0.3) is 0 Å². The predicted octanol–water partition coefficient (Wildman–Crippen LogP) is 3.98. The molecule has 0 radical (unpaired) electrons. The van der Waals surface area contributed by atoms with Crippen molar-refractivity contribution in [3.63, 3.8) is 0 Å². The highest BCUT2D eigenvalue weighted by Gasteiger charge is 2.24. The van der Waals surface area contributed by atoms with E-state index in [1.807, 2.05) is 0 Å². The second-order valence-corrected chi connectivity index (χ2v) is 5.72. The van der Waals surface area contributed by atoms with E-state index in [0.717, 1.165) is 17.9 Å². The monoisotopic (exact) mass is 211 g/mol. The van der Waals surface area contributed by atoms with Crippen LogP contribution in [0.4, 0.5) is 0 Å². The van der Waals surface area contributed by atoms with Gasteiger partial charge in [-0.25, -0.2) is 0 Å². The molecule has 15 heavy (non-hydrogen) atoms. The molecule has 0 spiro atoms. The summed E-state index contributed by atoms with van der Waals surface area (Å²) in [7, 11) is 0. The molecule has 1 aliphatic rings. The second-order valence-electron chi connectivity index (χ2n) is 5.72. The zero-order chi connectivity index (χ0) is 11.3. The maximum atomic E-state index is 3.80. The molecule has 1 nitrogen and oxygen atoms in total. The molecule has 3 unspecified atom stereocenters. The largest absolute Gasteiger partial charge is 0.311 e. The molecule has 1 saturated carbocycles. The van der Waals surface area contributed by atoms with Gasteiger partial charge >= 0.3 is 0 Å². The lowest BCUT2D eigenvalue weighted by atomic mass is 9.79. The van der Waals surface area contributed by atoms with Gasteiger partial charge < -0.3 is 5.32 Å². The lowest BCUT2D eigenvalue weighted by Gasteiger charge is -2.33. The third kappa shape index (κ3) is 4.55. The van der Waals surface area contributed by atoms with Gasteiger partial charge in [0, 0.05) is 12.1 Å². The van der Waals surface area contributed by atoms with Crippen LogP contribution < -0.4 is 5.32 Å². The van der Waals surface area contributed by atoms with E-state index in [1.54, 1.807) is 0 Å². The van der Waals surface area contributed by atoms with E-state index in [0.29, 0.717) is 6.04 Å². The number of hydrogen-bond acceptors (Lipinski definition) is 1. The number of rotatable bonds is 5. The van der Waals surface area contributed by atoms with Crippen molar-refractivity contribution in [1.29, 1.82) is 0 Å². The standard InChI is InChI=1S/C14H29N/c1-5-7-12(4)15-14-9-6-8-13(10-14)11(2)3/h11-15H,5-10H2,1-4H3. The molecule has 0 aliphatic heterocycles. The normalized spacial score (nSPS) is 29.4. The summed E-state index contributed by atoms with van der Waals surface area (Å²) < 4.78 is 0. The Morgan fingerprint density at radius 3 is 2.53 bits per heavy atom. The molecular formula is C14H29N. The van der Waals surface area contributed by atoms with Crippen molar-refractivity contribution in [2.75, 3.05) is 0 Å². The van der Waals surface area contributed by atoms with Gasteiger partial charge in [0.25, 0.3) is 0 Å². The maximum Gasteiger partial charge on any atom is 0.00722 e. The molecule has 0 heterocycles. The van der Waals surface area contributed by atoms with Crippen molar-refractivity contribution < 1.29 is 0 Å². The molecule has 1 fully saturated rings. The molecule has 1 heteroatoms. The zero-order valence-corrected chi connectivity index (χ0v) is 11.1. The van der Waals surface area contributed by atoms with Crippen LogP contribution >= 0.6 is 0 Å². The van der Waals surface area contributed by atoms with E-state index >= 15 is 0 Å². The molecule has 0 bridgehead atoms. The SMILES string of the molecule is CCCC(C)NC1CCCC(C(C)C)C1. The molecule has 90 valence electrons. The summed E-state index contributed by atoms with van der Waals surface area (Å²) in [6, 6.07) is 1.51. The summed E-state index contributed by atoms with van der Waals surface area (Å²) in [4.78, 5) is 0. The summed E-state index contributed by atoms with van der Waals surface area (Å²) in [6.45, 7) is 9.36. The van der Waals surface area contributed by atoms with Gasteiger partial charge in [-0.3, -0.25) is 0 Å². The fourth-order valence-corrected chi connectivity index (χ4v) is 2.90. The van der Waals surface area contributed by atoms with Crippen LogP contribution in [0, 0.1) is 11.8 Å². The summed E-state index contributed by atoms with van der Waals surface area (Å²) in [6.07, 6.45) is 8.32. The van der Waals surface area contributed by atoms with Gasteiger partial charge in [0.1, 0.15) is 0 Å². The Kier molecular flexibility index (Phi) is 5.66. The van der Waals surface area contributed by atoms with Crippen molar-refractivity contribution in [2.24, 2.45) is 11.8 Å². The lowest BCUT2D eigenvalue weighted by molar-refractivity contribution is 0.220. The zero-order valence-electron chi connectivity index (χ0n) is 11.1. The molecule has 0 aromatic rings. The Hall–Kier alpha value is -0.0400. The topological polar surface area (TPSA) is 12.0 Å². The highest BCUT2D eigenvalue weighted by atomic mass is 14.9. The van der Waals surface area contributed by atoms with Crippen LogP contribution in [0.5, 0.6) is 0 Å². The number of hydrogen-bond donors (Lipinski definition) is 1. The van der Waals surface area contributed by atoms with Crippen molar-refractivity contribution in [2.45, 2.75) is 78.3 Å². The maximum absolute atomic E-state index is 3.80. The van der Waals surface area contributed by atoms with Gasteiger partial charge in [0.15, 0.2) is 0 Å². The third-order valence-electron chi connectivity index (χ3n) is 3.90. The second kappa shape index (κ2) is 6.52. The Balaban J connectivity index is 2.29. The van der Waals surface area contributed by atoms with E-state index in [-0.39, 0.29) is 0 Å². The van der Waals surface area contributed by atoms with Crippen LogP contribution in [-0.2, 0) is 0 Å². The van der Waals surface area contributed by atoms with Crippen molar-refractivity contribution in [3.8, 4) is 0 Å². The predicted molar refractivity (Wildman–Crippen MR) is 68.1 cm³/mol. The summed E-state index contributed by atoms with van der Waals surface area (Å²) >= 11 is 0. The molecule has 3 atom stereocenters. The molecule has 1 rings (SSSR count). The third-order valence-corrected chi connectivity index (χ3v) is 3.90. The van der Waals surface area contributed by atoms with Crippen molar-refractivity contribution >= 4 is 0 Å². The van der Waals surface area contributed by atoms with E-state index in [2.05, 4.69) is 33.0 Å². The van der Waals surface area contributed by atoms with E-state index in [9.17, 15) is 0 Å². The average Bonchev–Trinajstić information content (AvgIpc) is 2.18. The summed E-state index contributed by atoms with van der Waals surface area (Å²) in [5.41, 5.74) is 0. The van der Waals surface area contributed by atoms with Gasteiger partial charge in [-0.15, -0.1) is 0 Å². The quantitative estimate of drug-likeness (QED) is 0.725. The minimum absolute atomic E-state index is 0.714. The van der Waals surface area contributed by atoms with E-state index < -0.39 is 0 Å². The van der Waals surface area contributed by atoms with Crippen LogP contribution in [-0.4, -0.2) is 12.1 Å². The first kappa shape index (κ1) is 13.0. The first-order valence-corrected chi connectivity index (χ1v) is 6.89. The van der Waals surface area contributed by atoms with Gasteiger partial charge in [0.2, 0.25) is 0 Å². The molecule has 0 aromatic carbocycles. The van der Waals surface area contributed by atoms with Crippen LogP contribution in [0.2, 0.25) is 0 Å². The Morgan fingerprint density at radius 1 is 1.20 bits per heavy atom. The van der Waals surface area contributed by atoms with Gasteiger partial charge in [-0.1, -0.05) is 40.0 Å². The first-order valence-electron chi connectivity index (χ1n) is 6.89. The highest BCUT2D eigenvalue weighted by Crippen LogP contribution is 2.30. The fourth-order valence-electron chi connectivity index (χ4n) is 2.90. The minimum Gasteiger partial charge on any atom is -0.311 e.